The van der Waals surface area contributed by atoms with E-state index in [2.05, 4.69) is 31.1 Å². The van der Waals surface area contributed by atoms with Gasteiger partial charge in [-0.25, -0.2) is 0 Å². The highest BCUT2D eigenvalue weighted by atomic mass is 16.5. The highest BCUT2D eigenvalue weighted by Gasteiger charge is 2.31. The van der Waals surface area contributed by atoms with E-state index in [-0.39, 0.29) is 0 Å². The number of ether oxygens (including phenoxy) is 1. The first kappa shape index (κ1) is 14.3. The van der Waals surface area contributed by atoms with Crippen molar-refractivity contribution in [1.29, 1.82) is 0 Å². The van der Waals surface area contributed by atoms with Gasteiger partial charge in [-0.15, -0.1) is 0 Å². The van der Waals surface area contributed by atoms with E-state index >= 15 is 0 Å². The standard InChI is InChI=1S/C15H30N2O/c1-4-8-15(2,11-16-13-5-6-13)12-17(3)14-7-9-18-10-14/h13-14,16H,4-12H2,1-3H3. The van der Waals surface area contributed by atoms with Gasteiger partial charge in [0.15, 0.2) is 0 Å². The molecule has 0 aromatic heterocycles. The van der Waals surface area contributed by atoms with Gasteiger partial charge in [0, 0.05) is 31.8 Å². The van der Waals surface area contributed by atoms with E-state index in [1.165, 1.54) is 45.2 Å². The maximum Gasteiger partial charge on any atom is 0.0622 e. The fourth-order valence-electron chi connectivity index (χ4n) is 3.11. The minimum Gasteiger partial charge on any atom is -0.380 e. The fraction of sp³-hybridized carbons (Fsp3) is 1.00. The molecule has 1 heterocycles. The summed E-state index contributed by atoms with van der Waals surface area (Å²) in [6.45, 7) is 8.97. The smallest absolute Gasteiger partial charge is 0.0622 e. The van der Waals surface area contributed by atoms with Crippen molar-refractivity contribution in [3.8, 4) is 0 Å². The summed E-state index contributed by atoms with van der Waals surface area (Å²) in [6.07, 6.45) is 6.56. The minimum atomic E-state index is 0.411. The first-order chi connectivity index (χ1) is 8.63. The molecule has 3 nitrogen and oxygen atoms in total. The van der Waals surface area contributed by atoms with E-state index < -0.39 is 0 Å². The molecule has 2 aliphatic rings. The quantitative estimate of drug-likeness (QED) is 0.719. The molecule has 0 radical (unpaired) electrons. The summed E-state index contributed by atoms with van der Waals surface area (Å²) >= 11 is 0. The van der Waals surface area contributed by atoms with E-state index in [9.17, 15) is 0 Å². The van der Waals surface area contributed by atoms with Gasteiger partial charge in [-0.05, 0) is 38.1 Å². The first-order valence-electron chi connectivity index (χ1n) is 7.64. The Balaban J connectivity index is 1.81. The highest BCUT2D eigenvalue weighted by Crippen LogP contribution is 2.28. The first-order valence-corrected chi connectivity index (χ1v) is 7.64. The van der Waals surface area contributed by atoms with Crippen molar-refractivity contribution in [2.75, 3.05) is 33.4 Å². The molecule has 0 spiro atoms. The summed E-state index contributed by atoms with van der Waals surface area (Å²) in [4.78, 5) is 2.53. The minimum absolute atomic E-state index is 0.411. The second-order valence-electron chi connectivity index (χ2n) is 6.65. The SMILES string of the molecule is CCCC(C)(CNC1CC1)CN(C)C1CCOC1. The lowest BCUT2D eigenvalue weighted by Crippen LogP contribution is -2.45. The molecule has 2 rings (SSSR count). The molecule has 2 fully saturated rings. The van der Waals surface area contributed by atoms with Crippen LogP contribution in [0.1, 0.15) is 46.0 Å². The summed E-state index contributed by atoms with van der Waals surface area (Å²) in [5, 5.41) is 3.72. The van der Waals surface area contributed by atoms with Crippen LogP contribution in [0.4, 0.5) is 0 Å². The van der Waals surface area contributed by atoms with Crippen LogP contribution in [0.2, 0.25) is 0 Å². The zero-order valence-electron chi connectivity index (χ0n) is 12.4. The molecular formula is C15H30N2O. The molecule has 106 valence electrons. The summed E-state index contributed by atoms with van der Waals surface area (Å²) in [6, 6.07) is 1.46. The zero-order valence-corrected chi connectivity index (χ0v) is 12.4. The second kappa shape index (κ2) is 6.36. The van der Waals surface area contributed by atoms with Gasteiger partial charge in [-0.3, -0.25) is 0 Å². The average molecular weight is 254 g/mol. The van der Waals surface area contributed by atoms with Gasteiger partial charge in [0.25, 0.3) is 0 Å². The van der Waals surface area contributed by atoms with Crippen molar-refractivity contribution in [3.63, 3.8) is 0 Å². The molecule has 2 atom stereocenters. The summed E-state index contributed by atoms with van der Waals surface area (Å²) in [7, 11) is 2.27. The molecule has 2 unspecified atom stereocenters. The van der Waals surface area contributed by atoms with Crippen molar-refractivity contribution in [1.82, 2.24) is 10.2 Å². The van der Waals surface area contributed by atoms with Crippen molar-refractivity contribution in [2.24, 2.45) is 5.41 Å². The number of hydrogen-bond acceptors (Lipinski definition) is 3. The Morgan fingerprint density at radius 3 is 2.67 bits per heavy atom. The molecule has 1 saturated heterocycles. The van der Waals surface area contributed by atoms with Crippen molar-refractivity contribution < 1.29 is 4.74 Å². The lowest BCUT2D eigenvalue weighted by Gasteiger charge is -2.36. The molecular weight excluding hydrogens is 224 g/mol. The van der Waals surface area contributed by atoms with Gasteiger partial charge in [-0.1, -0.05) is 20.3 Å². The van der Waals surface area contributed by atoms with Gasteiger partial charge >= 0.3 is 0 Å². The maximum absolute atomic E-state index is 5.50. The van der Waals surface area contributed by atoms with Gasteiger partial charge in [0.2, 0.25) is 0 Å². The Bertz CT molecular complexity index is 249. The third-order valence-electron chi connectivity index (χ3n) is 4.41. The molecule has 0 amide bonds. The predicted octanol–water partition coefficient (Wildman–Crippen LogP) is 2.27. The summed E-state index contributed by atoms with van der Waals surface area (Å²) in [5.41, 5.74) is 0.411. The van der Waals surface area contributed by atoms with Crippen LogP contribution in [0.5, 0.6) is 0 Å². The molecule has 0 bridgehead atoms. The summed E-state index contributed by atoms with van der Waals surface area (Å²) in [5.74, 6) is 0. The van der Waals surface area contributed by atoms with Crippen molar-refractivity contribution in [3.05, 3.63) is 0 Å². The second-order valence-corrected chi connectivity index (χ2v) is 6.65. The highest BCUT2D eigenvalue weighted by molar-refractivity contribution is 4.88. The Kier molecular flexibility index (Phi) is 5.05. The number of rotatable bonds is 8. The van der Waals surface area contributed by atoms with Gasteiger partial charge in [0.05, 0.1) is 6.61 Å². The van der Waals surface area contributed by atoms with Crippen LogP contribution in [0, 0.1) is 5.41 Å². The maximum atomic E-state index is 5.50. The van der Waals surface area contributed by atoms with E-state index in [1.54, 1.807) is 0 Å². The molecule has 0 aromatic carbocycles. The third-order valence-corrected chi connectivity index (χ3v) is 4.41. The zero-order chi connectivity index (χ0) is 13.0. The van der Waals surface area contributed by atoms with Gasteiger partial charge < -0.3 is 15.0 Å². The van der Waals surface area contributed by atoms with E-state index in [0.717, 1.165) is 19.3 Å². The van der Waals surface area contributed by atoms with Gasteiger partial charge in [-0.2, -0.15) is 0 Å². The topological polar surface area (TPSA) is 24.5 Å². The summed E-state index contributed by atoms with van der Waals surface area (Å²) < 4.78 is 5.50. The molecule has 1 N–H and O–H groups in total. The largest absolute Gasteiger partial charge is 0.380 e. The van der Waals surface area contributed by atoms with E-state index in [1.807, 2.05) is 0 Å². The normalized spacial score (nSPS) is 27.7. The van der Waals surface area contributed by atoms with Crippen LogP contribution in [0.3, 0.4) is 0 Å². The van der Waals surface area contributed by atoms with Crippen molar-refractivity contribution >= 4 is 0 Å². The van der Waals surface area contributed by atoms with E-state index in [4.69, 9.17) is 4.74 Å². The molecule has 1 aliphatic carbocycles. The Hall–Kier alpha value is -0.120. The lowest BCUT2D eigenvalue weighted by atomic mass is 9.84. The van der Waals surface area contributed by atoms with Crippen LogP contribution in [0.15, 0.2) is 0 Å². The molecule has 0 aromatic rings. The van der Waals surface area contributed by atoms with Gasteiger partial charge in [0.1, 0.15) is 0 Å². The predicted molar refractivity (Wildman–Crippen MR) is 75.9 cm³/mol. The number of likely N-dealkylation sites (N-methyl/N-ethyl adjacent to an activating group) is 1. The third kappa shape index (κ3) is 4.22. The average Bonchev–Trinajstić information content (AvgIpc) is 2.99. The molecule has 1 saturated carbocycles. The van der Waals surface area contributed by atoms with Crippen LogP contribution >= 0.6 is 0 Å². The molecule has 1 aliphatic heterocycles. The molecule has 18 heavy (non-hydrogen) atoms. The fourth-order valence-corrected chi connectivity index (χ4v) is 3.11. The van der Waals surface area contributed by atoms with E-state index in [0.29, 0.717) is 11.5 Å². The van der Waals surface area contributed by atoms with Crippen molar-refractivity contribution in [2.45, 2.75) is 58.0 Å². The Morgan fingerprint density at radius 2 is 2.11 bits per heavy atom. The monoisotopic (exact) mass is 254 g/mol. The Morgan fingerprint density at radius 1 is 1.33 bits per heavy atom. The number of nitrogens with zero attached hydrogens (tertiary/aromatic N) is 1. The number of nitrogens with one attached hydrogen (secondary N) is 1. The van der Waals surface area contributed by atoms with Crippen LogP contribution in [-0.4, -0.2) is 50.3 Å². The van der Waals surface area contributed by atoms with Crippen LogP contribution in [-0.2, 0) is 4.74 Å². The number of hydrogen-bond donors (Lipinski definition) is 1. The lowest BCUT2D eigenvalue weighted by molar-refractivity contribution is 0.115. The van der Waals surface area contributed by atoms with Crippen LogP contribution in [0.25, 0.3) is 0 Å². The Labute approximate surface area is 112 Å². The van der Waals surface area contributed by atoms with Crippen LogP contribution < -0.4 is 5.32 Å². The molecule has 3 heteroatoms.